The number of nitrogens with zero attached hydrogens (tertiary/aromatic N) is 1. The second kappa shape index (κ2) is 8.46. The molecule has 0 spiro atoms. The van der Waals surface area contributed by atoms with Gasteiger partial charge in [0.2, 0.25) is 10.0 Å². The van der Waals surface area contributed by atoms with Crippen molar-refractivity contribution in [2.45, 2.75) is 17.6 Å². The van der Waals surface area contributed by atoms with Gasteiger partial charge < -0.3 is 10.6 Å². The second-order valence-electron chi connectivity index (χ2n) is 3.88. The van der Waals surface area contributed by atoms with Gasteiger partial charge in [0, 0.05) is 26.7 Å². The third kappa shape index (κ3) is 5.66. The van der Waals surface area contributed by atoms with Gasteiger partial charge in [-0.25, -0.2) is 13.1 Å². The lowest BCUT2D eigenvalue weighted by molar-refractivity contribution is 0.582. The van der Waals surface area contributed by atoms with E-state index in [4.69, 9.17) is 11.6 Å². The molecule has 114 valence electrons. The minimum absolute atomic E-state index is 0.219. The standard InChI is InChI=1S/C11H19ClN4O2S2/c1-3-6-14-11(13-2)15-7-8-16-20(17,18)10-5-4-9(12)19-10/h4-5,16H,3,6-8H2,1-2H3,(H2,13,14,15). The maximum atomic E-state index is 11.9. The van der Waals surface area contributed by atoms with Crippen LogP contribution in [-0.4, -0.2) is 41.1 Å². The molecule has 9 heteroatoms. The number of guanidine groups is 1. The van der Waals surface area contributed by atoms with Gasteiger partial charge in [-0.05, 0) is 18.6 Å². The van der Waals surface area contributed by atoms with Gasteiger partial charge in [-0.2, -0.15) is 0 Å². The van der Waals surface area contributed by atoms with Crippen molar-refractivity contribution in [2.75, 3.05) is 26.7 Å². The number of nitrogens with one attached hydrogen (secondary N) is 3. The highest BCUT2D eigenvalue weighted by atomic mass is 35.5. The van der Waals surface area contributed by atoms with E-state index in [0.717, 1.165) is 24.3 Å². The smallest absolute Gasteiger partial charge is 0.250 e. The first-order chi connectivity index (χ1) is 9.49. The van der Waals surface area contributed by atoms with E-state index < -0.39 is 10.0 Å². The average Bonchev–Trinajstić information content (AvgIpc) is 2.85. The lowest BCUT2D eigenvalue weighted by atomic mass is 10.5. The van der Waals surface area contributed by atoms with E-state index in [1.165, 1.54) is 6.07 Å². The van der Waals surface area contributed by atoms with Gasteiger partial charge >= 0.3 is 0 Å². The Hall–Kier alpha value is -0.830. The average molecular weight is 339 g/mol. The number of hydrogen-bond acceptors (Lipinski definition) is 4. The van der Waals surface area contributed by atoms with Crippen LogP contribution in [0, 0.1) is 0 Å². The van der Waals surface area contributed by atoms with Gasteiger partial charge in [-0.15, -0.1) is 11.3 Å². The van der Waals surface area contributed by atoms with Crippen molar-refractivity contribution in [3.63, 3.8) is 0 Å². The fourth-order valence-electron chi connectivity index (χ4n) is 1.34. The molecule has 1 aromatic rings. The Bertz CT molecular complexity index is 542. The van der Waals surface area contributed by atoms with E-state index in [0.29, 0.717) is 16.8 Å². The molecule has 0 bridgehead atoms. The van der Waals surface area contributed by atoms with E-state index in [1.807, 2.05) is 0 Å². The van der Waals surface area contributed by atoms with Crippen LogP contribution in [0.1, 0.15) is 13.3 Å². The number of halogens is 1. The number of aliphatic imine (C=N–C) groups is 1. The van der Waals surface area contributed by atoms with Crippen molar-refractivity contribution in [1.29, 1.82) is 0 Å². The highest BCUT2D eigenvalue weighted by Crippen LogP contribution is 2.24. The molecule has 1 aromatic heterocycles. The van der Waals surface area contributed by atoms with Crippen molar-refractivity contribution in [1.82, 2.24) is 15.4 Å². The quantitative estimate of drug-likeness (QED) is 0.397. The summed E-state index contributed by atoms with van der Waals surface area (Å²) in [5.41, 5.74) is 0. The number of hydrogen-bond donors (Lipinski definition) is 3. The summed E-state index contributed by atoms with van der Waals surface area (Å²) in [6, 6.07) is 3.06. The summed E-state index contributed by atoms with van der Waals surface area (Å²) in [5.74, 6) is 0.658. The number of thiophene rings is 1. The van der Waals surface area contributed by atoms with Gasteiger partial charge in [-0.3, -0.25) is 4.99 Å². The molecular weight excluding hydrogens is 320 g/mol. The third-order valence-electron chi connectivity index (χ3n) is 2.29. The molecule has 0 radical (unpaired) electrons. The Morgan fingerprint density at radius 2 is 2.00 bits per heavy atom. The summed E-state index contributed by atoms with van der Waals surface area (Å²) in [6.07, 6.45) is 0.993. The van der Waals surface area contributed by atoms with Crippen LogP contribution in [0.5, 0.6) is 0 Å². The van der Waals surface area contributed by atoms with Crippen LogP contribution in [0.2, 0.25) is 4.34 Å². The SMILES string of the molecule is CCCNC(=NC)NCCNS(=O)(=O)c1ccc(Cl)s1. The van der Waals surface area contributed by atoms with Crippen LogP contribution in [0.25, 0.3) is 0 Å². The maximum Gasteiger partial charge on any atom is 0.250 e. The van der Waals surface area contributed by atoms with Crippen LogP contribution < -0.4 is 15.4 Å². The van der Waals surface area contributed by atoms with E-state index in [1.54, 1.807) is 13.1 Å². The number of rotatable bonds is 7. The van der Waals surface area contributed by atoms with E-state index in [9.17, 15) is 8.42 Å². The molecule has 0 saturated heterocycles. The van der Waals surface area contributed by atoms with E-state index in [2.05, 4.69) is 27.3 Å². The Labute approximate surface area is 128 Å². The third-order valence-corrected chi connectivity index (χ3v) is 5.47. The summed E-state index contributed by atoms with van der Waals surface area (Å²) >= 11 is 6.76. The first kappa shape index (κ1) is 17.2. The van der Waals surface area contributed by atoms with Crippen molar-refractivity contribution in [2.24, 2.45) is 4.99 Å². The fourth-order valence-corrected chi connectivity index (χ4v) is 3.90. The molecule has 0 aromatic carbocycles. The summed E-state index contributed by atoms with van der Waals surface area (Å²) in [7, 11) is -1.81. The molecular formula is C11H19ClN4O2S2. The first-order valence-electron chi connectivity index (χ1n) is 6.19. The summed E-state index contributed by atoms with van der Waals surface area (Å²) in [6.45, 7) is 3.59. The van der Waals surface area contributed by atoms with Gasteiger partial charge in [0.15, 0.2) is 5.96 Å². The lowest BCUT2D eigenvalue weighted by Gasteiger charge is -2.11. The van der Waals surface area contributed by atoms with Gasteiger partial charge in [0.05, 0.1) is 4.34 Å². The minimum Gasteiger partial charge on any atom is -0.356 e. The molecule has 0 aliphatic carbocycles. The normalized spacial score (nSPS) is 12.4. The van der Waals surface area contributed by atoms with Crippen molar-refractivity contribution < 1.29 is 8.42 Å². The molecule has 1 heterocycles. The predicted octanol–water partition coefficient (Wildman–Crippen LogP) is 1.25. The van der Waals surface area contributed by atoms with Crippen molar-refractivity contribution >= 4 is 38.9 Å². The van der Waals surface area contributed by atoms with Crippen molar-refractivity contribution in [3.05, 3.63) is 16.5 Å². The maximum absolute atomic E-state index is 11.9. The molecule has 0 fully saturated rings. The molecule has 0 aliphatic heterocycles. The molecule has 0 unspecified atom stereocenters. The zero-order valence-corrected chi connectivity index (χ0v) is 13.8. The van der Waals surface area contributed by atoms with Gasteiger partial charge in [-0.1, -0.05) is 18.5 Å². The fraction of sp³-hybridized carbons (Fsp3) is 0.545. The highest BCUT2D eigenvalue weighted by molar-refractivity contribution is 7.91. The lowest BCUT2D eigenvalue weighted by Crippen LogP contribution is -2.41. The van der Waals surface area contributed by atoms with Crippen LogP contribution in [0.15, 0.2) is 21.3 Å². The monoisotopic (exact) mass is 338 g/mol. The van der Waals surface area contributed by atoms with Gasteiger partial charge in [0.25, 0.3) is 0 Å². The molecule has 1 rings (SSSR count). The summed E-state index contributed by atoms with van der Waals surface area (Å²) in [4.78, 5) is 4.02. The molecule has 0 atom stereocenters. The second-order valence-corrected chi connectivity index (χ2v) is 7.59. The van der Waals surface area contributed by atoms with Crippen LogP contribution in [-0.2, 0) is 10.0 Å². The Morgan fingerprint density at radius 3 is 2.55 bits per heavy atom. The molecule has 0 saturated carbocycles. The Morgan fingerprint density at radius 1 is 1.30 bits per heavy atom. The first-order valence-corrected chi connectivity index (χ1v) is 8.87. The van der Waals surface area contributed by atoms with Crippen molar-refractivity contribution in [3.8, 4) is 0 Å². The molecule has 0 aliphatic rings. The minimum atomic E-state index is -3.48. The van der Waals surface area contributed by atoms with Crippen LogP contribution in [0.3, 0.4) is 0 Å². The van der Waals surface area contributed by atoms with Crippen LogP contribution >= 0.6 is 22.9 Å². The largest absolute Gasteiger partial charge is 0.356 e. The molecule has 20 heavy (non-hydrogen) atoms. The summed E-state index contributed by atoms with van der Waals surface area (Å²) < 4.78 is 27.0. The molecule has 6 nitrogen and oxygen atoms in total. The number of sulfonamides is 1. The topological polar surface area (TPSA) is 82.6 Å². The zero-order valence-electron chi connectivity index (χ0n) is 11.4. The van der Waals surface area contributed by atoms with E-state index in [-0.39, 0.29) is 10.8 Å². The van der Waals surface area contributed by atoms with Gasteiger partial charge in [0.1, 0.15) is 4.21 Å². The molecule has 3 N–H and O–H groups in total. The highest BCUT2D eigenvalue weighted by Gasteiger charge is 2.15. The zero-order chi connectivity index (χ0) is 15.0. The Balaban J connectivity index is 2.37. The predicted molar refractivity (Wildman–Crippen MR) is 84.2 cm³/mol. The van der Waals surface area contributed by atoms with E-state index >= 15 is 0 Å². The molecule has 0 amide bonds. The Kier molecular flexibility index (Phi) is 7.28. The summed E-state index contributed by atoms with van der Waals surface area (Å²) in [5, 5.41) is 6.12. The van der Waals surface area contributed by atoms with Crippen LogP contribution in [0.4, 0.5) is 0 Å².